The third kappa shape index (κ3) is 12.2. The van der Waals surface area contributed by atoms with Crippen molar-refractivity contribution < 1.29 is 20.4 Å². The van der Waals surface area contributed by atoms with E-state index in [0.29, 0.717) is 13.1 Å². The molecule has 0 unspecified atom stereocenters. The van der Waals surface area contributed by atoms with Gasteiger partial charge in [-0.2, -0.15) is 0 Å². The van der Waals surface area contributed by atoms with Crippen LogP contribution >= 0.6 is 0 Å². The summed E-state index contributed by atoms with van der Waals surface area (Å²) < 4.78 is 0. The number of hydrogen-bond acceptors (Lipinski definition) is 1. The molecule has 0 bridgehead atoms. The first-order valence-corrected chi connectivity index (χ1v) is 1.26. The maximum Gasteiger partial charge on any atom is 0 e. The van der Waals surface area contributed by atoms with Crippen LogP contribution < -0.4 is 5.73 Å². The minimum absolute atomic E-state index is 0. The van der Waals surface area contributed by atoms with E-state index in [1.807, 2.05) is 0 Å². The summed E-state index contributed by atoms with van der Waals surface area (Å²) in [6.07, 6.45) is 0. The molecule has 0 saturated carbocycles. The van der Waals surface area contributed by atoms with Gasteiger partial charge < -0.3 is 11.5 Å². The minimum atomic E-state index is 0. The van der Waals surface area contributed by atoms with Gasteiger partial charge in [0.15, 0.2) is 0 Å². The fourth-order valence-electron chi connectivity index (χ4n) is 0. The topological polar surface area (TPSA) is 49.8 Å². The van der Waals surface area contributed by atoms with Gasteiger partial charge in [-0.15, -0.1) is 6.54 Å². The average Bonchev–Trinajstić information content (AvgIpc) is 1.37. The molecule has 0 aliphatic rings. The largest absolute Gasteiger partial charge is 0.676 e. The number of rotatable bonds is 1. The Morgan fingerprint density at radius 1 is 1.60 bits per heavy atom. The summed E-state index contributed by atoms with van der Waals surface area (Å²) in [5.74, 6) is 0. The Bertz CT molecular complexity index is 9.61. The van der Waals surface area contributed by atoms with Gasteiger partial charge in [0.25, 0.3) is 0 Å². The third-order valence-electron chi connectivity index (χ3n) is 0.144. The predicted molar refractivity (Wildman–Crippen MR) is 18.2 cm³/mol. The smallest absolute Gasteiger partial charge is 0 e. The van der Waals surface area contributed by atoms with Crippen LogP contribution in [0.3, 0.4) is 0 Å². The van der Waals surface area contributed by atoms with Crippen LogP contribution in [0.5, 0.6) is 0 Å². The molecule has 0 fully saturated rings. The number of hydrogen-bond donors (Lipinski definition) is 1. The summed E-state index contributed by atoms with van der Waals surface area (Å²) in [5, 5.41) is 0. The maximum absolute atomic E-state index is 6.33. The first kappa shape index (κ1) is 9.13. The zero-order valence-corrected chi connectivity index (χ0v) is 4.36. The van der Waals surface area contributed by atoms with Crippen molar-refractivity contribution in [2.75, 3.05) is 13.1 Å². The van der Waals surface area contributed by atoms with E-state index in [2.05, 4.69) is 0 Å². The van der Waals surface area contributed by atoms with Gasteiger partial charge in [0, 0.05) is 20.4 Å². The zero-order chi connectivity index (χ0) is 3.41. The minimum Gasteiger partial charge on any atom is -0.676 e. The monoisotopic (exact) mass is 165 g/mol. The molecular weight excluding hydrogens is 158 g/mol. The third-order valence-corrected chi connectivity index (χ3v) is 0.144. The van der Waals surface area contributed by atoms with Crippen molar-refractivity contribution in [3.8, 4) is 0 Å². The number of nitrogens with two attached hydrogens (primary N) is 1. The Balaban J connectivity index is 0. The van der Waals surface area contributed by atoms with Crippen LogP contribution in [-0.4, -0.2) is 13.1 Å². The molecule has 0 heterocycles. The van der Waals surface area contributed by atoms with Crippen LogP contribution in [0, 0.1) is 0 Å². The molecule has 0 aromatic carbocycles. The van der Waals surface area contributed by atoms with Crippen LogP contribution in [0.25, 0.3) is 5.73 Å². The molecule has 0 spiro atoms. The Hall–Kier alpha value is 0.582. The summed E-state index contributed by atoms with van der Waals surface area (Å²) in [5.41, 5.74) is 11.2. The standard InChI is InChI=1S/C2H7N2.Pd/c3-1-2-4;/h3H,1-2,4H2;/q-1;. The second-order valence-corrected chi connectivity index (χ2v) is 0.539. The fourth-order valence-corrected chi connectivity index (χ4v) is 0. The molecule has 3 N–H and O–H groups in total. The Kier molecular flexibility index (Phi) is 16.1. The van der Waals surface area contributed by atoms with E-state index in [1.54, 1.807) is 0 Å². The summed E-state index contributed by atoms with van der Waals surface area (Å²) in [4.78, 5) is 0. The van der Waals surface area contributed by atoms with Gasteiger partial charge in [0.1, 0.15) is 0 Å². The fraction of sp³-hybridized carbons (Fsp3) is 1.00. The van der Waals surface area contributed by atoms with Crippen molar-refractivity contribution >= 4 is 0 Å². The molecule has 0 aliphatic heterocycles. The molecular formula is C2H7N2Pd-. The average molecular weight is 166 g/mol. The molecule has 36 valence electrons. The predicted octanol–water partition coefficient (Wildman–Crippen LogP) is -0.00520. The quantitative estimate of drug-likeness (QED) is 0.546. The van der Waals surface area contributed by atoms with Crippen LogP contribution in [0.4, 0.5) is 0 Å². The van der Waals surface area contributed by atoms with E-state index in [1.165, 1.54) is 0 Å². The molecule has 0 rings (SSSR count). The van der Waals surface area contributed by atoms with Crippen molar-refractivity contribution in [3.05, 3.63) is 5.73 Å². The summed E-state index contributed by atoms with van der Waals surface area (Å²) in [7, 11) is 0. The van der Waals surface area contributed by atoms with Crippen LogP contribution in [-0.2, 0) is 20.4 Å². The van der Waals surface area contributed by atoms with Gasteiger partial charge >= 0.3 is 0 Å². The molecule has 0 aliphatic carbocycles. The van der Waals surface area contributed by atoms with Gasteiger partial charge in [-0.05, 0) is 6.54 Å². The first-order valence-electron chi connectivity index (χ1n) is 1.26. The molecule has 0 radical (unpaired) electrons. The molecule has 2 nitrogen and oxygen atoms in total. The van der Waals surface area contributed by atoms with E-state index in [-0.39, 0.29) is 20.4 Å². The van der Waals surface area contributed by atoms with Crippen molar-refractivity contribution in [2.45, 2.75) is 0 Å². The van der Waals surface area contributed by atoms with Crippen LogP contribution in [0.15, 0.2) is 0 Å². The van der Waals surface area contributed by atoms with E-state index in [4.69, 9.17) is 11.5 Å². The normalized spacial score (nSPS) is 6.00. The van der Waals surface area contributed by atoms with Crippen molar-refractivity contribution in [2.24, 2.45) is 5.73 Å². The molecule has 5 heavy (non-hydrogen) atoms. The zero-order valence-electron chi connectivity index (χ0n) is 2.81. The Labute approximate surface area is 45.6 Å². The van der Waals surface area contributed by atoms with Gasteiger partial charge in [-0.25, -0.2) is 0 Å². The SMILES string of the molecule is [NH-]CCN.[Pd]. The first-order chi connectivity index (χ1) is 1.91. The summed E-state index contributed by atoms with van der Waals surface area (Å²) in [6, 6.07) is 0. The molecule has 3 heteroatoms. The van der Waals surface area contributed by atoms with Crippen molar-refractivity contribution in [1.29, 1.82) is 0 Å². The molecule has 0 aromatic heterocycles. The maximum atomic E-state index is 6.33. The summed E-state index contributed by atoms with van der Waals surface area (Å²) in [6.45, 7) is 0.833. The Morgan fingerprint density at radius 2 is 1.80 bits per heavy atom. The van der Waals surface area contributed by atoms with Gasteiger partial charge in [-0.3, -0.25) is 0 Å². The second kappa shape index (κ2) is 8.82. The molecule has 0 aromatic rings. The molecule has 0 amide bonds. The Morgan fingerprint density at radius 3 is 1.80 bits per heavy atom. The van der Waals surface area contributed by atoms with Gasteiger partial charge in [0.05, 0.1) is 0 Å². The van der Waals surface area contributed by atoms with Crippen molar-refractivity contribution in [1.82, 2.24) is 0 Å². The second-order valence-electron chi connectivity index (χ2n) is 0.539. The van der Waals surface area contributed by atoms with E-state index < -0.39 is 0 Å². The van der Waals surface area contributed by atoms with Crippen LogP contribution in [0.1, 0.15) is 0 Å². The van der Waals surface area contributed by atoms with E-state index >= 15 is 0 Å². The van der Waals surface area contributed by atoms with E-state index in [9.17, 15) is 0 Å². The number of nitrogens with one attached hydrogen (secondary N) is 1. The van der Waals surface area contributed by atoms with Gasteiger partial charge in [-0.1, -0.05) is 0 Å². The van der Waals surface area contributed by atoms with Crippen molar-refractivity contribution in [3.63, 3.8) is 0 Å². The summed E-state index contributed by atoms with van der Waals surface area (Å²) >= 11 is 0. The van der Waals surface area contributed by atoms with E-state index in [0.717, 1.165) is 0 Å². The molecule has 0 atom stereocenters. The van der Waals surface area contributed by atoms with Crippen LogP contribution in [0.2, 0.25) is 0 Å². The van der Waals surface area contributed by atoms with Gasteiger partial charge in [0.2, 0.25) is 0 Å². The molecule has 0 saturated heterocycles.